The van der Waals surface area contributed by atoms with Crippen molar-refractivity contribution >= 4 is 40.8 Å². The highest BCUT2D eigenvalue weighted by Gasteiger charge is 2.37. The molecule has 1 aromatic carbocycles. The molecule has 0 fully saturated rings. The van der Waals surface area contributed by atoms with Crippen molar-refractivity contribution in [2.45, 2.75) is 26.7 Å². The quantitative estimate of drug-likeness (QED) is 0.801. The number of carbonyl (C=O) groups excluding carboxylic acids is 1. The topological polar surface area (TPSA) is 66.4 Å². The van der Waals surface area contributed by atoms with Crippen LogP contribution in [0.3, 0.4) is 0 Å². The third-order valence-electron chi connectivity index (χ3n) is 4.11. The van der Waals surface area contributed by atoms with Crippen LogP contribution in [0.4, 0.5) is 5.69 Å². The van der Waals surface area contributed by atoms with Crippen LogP contribution < -0.4 is 5.32 Å². The number of amides is 1. The van der Waals surface area contributed by atoms with Crippen molar-refractivity contribution in [3.8, 4) is 0 Å². The minimum atomic E-state index is -0.950. The Hall–Kier alpha value is -1.52. The summed E-state index contributed by atoms with van der Waals surface area (Å²) in [6.07, 6.45) is 0.841. The van der Waals surface area contributed by atoms with E-state index in [9.17, 15) is 14.7 Å². The number of carbonyl (C=O) groups is 2. The van der Waals surface area contributed by atoms with E-state index in [1.807, 2.05) is 13.8 Å². The van der Waals surface area contributed by atoms with Gasteiger partial charge in [0.1, 0.15) is 0 Å². The van der Waals surface area contributed by atoms with E-state index in [0.717, 1.165) is 11.1 Å². The lowest BCUT2D eigenvalue weighted by Gasteiger charge is -2.29. The minimum Gasteiger partial charge on any atom is -0.481 e. The lowest BCUT2D eigenvalue weighted by atomic mass is 9.76. The molecule has 0 radical (unpaired) electrons. The first-order chi connectivity index (χ1) is 10.3. The molecule has 6 heteroatoms. The molecule has 0 aromatic heterocycles. The molecule has 0 heterocycles. The summed E-state index contributed by atoms with van der Waals surface area (Å²) >= 11 is 11.9. The van der Waals surface area contributed by atoms with Crippen LogP contribution in [0, 0.1) is 11.8 Å². The Kier molecular flexibility index (Phi) is 5.14. The monoisotopic (exact) mass is 341 g/mol. The molecule has 1 aromatic rings. The van der Waals surface area contributed by atoms with Crippen LogP contribution in [0.1, 0.15) is 26.7 Å². The standard InChI is InChI=1S/C16H17Cl2NO3/c1-8-5-11(12(16(21)22)6-9(8)2)15(20)19-14-4-3-10(17)7-13(14)18/h3-4,7,11-12H,5-6H2,1-2H3,(H,19,20)(H,21,22)/t11-,12-/m1/s1. The van der Waals surface area contributed by atoms with Gasteiger partial charge in [-0.1, -0.05) is 34.3 Å². The maximum Gasteiger partial charge on any atom is 0.307 e. The lowest BCUT2D eigenvalue weighted by Crippen LogP contribution is -2.36. The van der Waals surface area contributed by atoms with E-state index in [1.165, 1.54) is 6.07 Å². The van der Waals surface area contributed by atoms with Crippen molar-refractivity contribution in [2.75, 3.05) is 5.32 Å². The van der Waals surface area contributed by atoms with Crippen LogP contribution >= 0.6 is 23.2 Å². The number of benzene rings is 1. The molecule has 1 amide bonds. The van der Waals surface area contributed by atoms with Crippen molar-refractivity contribution in [3.63, 3.8) is 0 Å². The van der Waals surface area contributed by atoms with Crippen molar-refractivity contribution in [3.05, 3.63) is 39.4 Å². The van der Waals surface area contributed by atoms with Gasteiger partial charge >= 0.3 is 5.97 Å². The number of hydrogen-bond acceptors (Lipinski definition) is 2. The summed E-state index contributed by atoms with van der Waals surface area (Å²) in [7, 11) is 0. The summed E-state index contributed by atoms with van der Waals surface area (Å²) in [5.74, 6) is -2.60. The largest absolute Gasteiger partial charge is 0.481 e. The third-order valence-corrected chi connectivity index (χ3v) is 4.66. The van der Waals surface area contributed by atoms with Crippen LogP contribution in [0.2, 0.25) is 10.0 Å². The van der Waals surface area contributed by atoms with Gasteiger partial charge in [-0.25, -0.2) is 0 Å². The molecular formula is C16H17Cl2NO3. The zero-order valence-corrected chi connectivity index (χ0v) is 13.8. The zero-order chi connectivity index (χ0) is 16.4. The first-order valence-corrected chi connectivity index (χ1v) is 7.69. The van der Waals surface area contributed by atoms with Gasteiger partial charge in [-0.15, -0.1) is 0 Å². The number of aliphatic carboxylic acids is 1. The smallest absolute Gasteiger partial charge is 0.307 e. The molecule has 0 unspecified atom stereocenters. The first kappa shape index (κ1) is 16.8. The molecule has 0 bridgehead atoms. The Morgan fingerprint density at radius 3 is 2.27 bits per heavy atom. The molecule has 0 aliphatic heterocycles. The van der Waals surface area contributed by atoms with Gasteiger partial charge < -0.3 is 10.4 Å². The van der Waals surface area contributed by atoms with Gasteiger partial charge in [0.05, 0.1) is 22.5 Å². The molecule has 0 saturated heterocycles. The van der Waals surface area contributed by atoms with E-state index in [1.54, 1.807) is 12.1 Å². The van der Waals surface area contributed by atoms with Crippen molar-refractivity contribution in [1.29, 1.82) is 0 Å². The summed E-state index contributed by atoms with van der Waals surface area (Å²) in [6.45, 7) is 3.85. The van der Waals surface area contributed by atoms with Crippen LogP contribution in [0.25, 0.3) is 0 Å². The summed E-state index contributed by atoms with van der Waals surface area (Å²) in [5.41, 5.74) is 2.55. The van der Waals surface area contributed by atoms with Gasteiger partial charge in [0.2, 0.25) is 5.91 Å². The molecule has 2 N–H and O–H groups in total. The van der Waals surface area contributed by atoms with Crippen molar-refractivity contribution in [2.24, 2.45) is 11.8 Å². The number of carboxylic acids is 1. The highest BCUT2D eigenvalue weighted by Crippen LogP contribution is 2.35. The van der Waals surface area contributed by atoms with Crippen molar-refractivity contribution in [1.82, 2.24) is 0 Å². The fraction of sp³-hybridized carbons (Fsp3) is 0.375. The normalized spacial score (nSPS) is 21.6. The average Bonchev–Trinajstić information content (AvgIpc) is 2.44. The molecule has 22 heavy (non-hydrogen) atoms. The lowest BCUT2D eigenvalue weighted by molar-refractivity contribution is -0.146. The predicted molar refractivity (Wildman–Crippen MR) is 87.3 cm³/mol. The Labute approximate surface area is 139 Å². The minimum absolute atomic E-state index is 0.326. The number of anilines is 1. The van der Waals surface area contributed by atoms with E-state index in [2.05, 4.69) is 5.32 Å². The summed E-state index contributed by atoms with van der Waals surface area (Å²) in [4.78, 5) is 23.9. The molecule has 4 nitrogen and oxygen atoms in total. The second-order valence-electron chi connectivity index (χ2n) is 5.63. The van der Waals surface area contributed by atoms with Gasteiger partial charge in [-0.05, 0) is 44.9 Å². The number of rotatable bonds is 3. The fourth-order valence-corrected chi connectivity index (χ4v) is 3.10. The van der Waals surface area contributed by atoms with E-state index < -0.39 is 17.8 Å². The van der Waals surface area contributed by atoms with Gasteiger partial charge in [0.15, 0.2) is 0 Å². The summed E-state index contributed by atoms with van der Waals surface area (Å²) in [6, 6.07) is 4.76. The zero-order valence-electron chi connectivity index (χ0n) is 12.3. The predicted octanol–water partition coefficient (Wildman–Crippen LogP) is 4.38. The van der Waals surface area contributed by atoms with Gasteiger partial charge in [0, 0.05) is 5.02 Å². The Morgan fingerprint density at radius 2 is 1.73 bits per heavy atom. The Bertz CT molecular complexity index is 655. The molecular weight excluding hydrogens is 325 g/mol. The highest BCUT2D eigenvalue weighted by molar-refractivity contribution is 6.36. The Morgan fingerprint density at radius 1 is 1.14 bits per heavy atom. The van der Waals surface area contributed by atoms with Crippen molar-refractivity contribution < 1.29 is 14.7 Å². The van der Waals surface area contributed by atoms with E-state index in [0.29, 0.717) is 28.6 Å². The molecule has 1 aliphatic rings. The number of allylic oxidation sites excluding steroid dienone is 2. The molecule has 2 rings (SSSR count). The second-order valence-corrected chi connectivity index (χ2v) is 6.48. The summed E-state index contributed by atoms with van der Waals surface area (Å²) in [5, 5.41) is 12.9. The number of nitrogens with one attached hydrogen (secondary N) is 1. The maximum atomic E-state index is 12.5. The van der Waals surface area contributed by atoms with Crippen LogP contribution in [-0.4, -0.2) is 17.0 Å². The van der Waals surface area contributed by atoms with Gasteiger partial charge in [-0.2, -0.15) is 0 Å². The van der Waals surface area contributed by atoms with Gasteiger partial charge in [-0.3, -0.25) is 9.59 Å². The van der Waals surface area contributed by atoms with Gasteiger partial charge in [0.25, 0.3) is 0 Å². The molecule has 2 atom stereocenters. The number of carboxylic acid groups (broad SMARTS) is 1. The molecule has 1 aliphatic carbocycles. The number of hydrogen-bond donors (Lipinski definition) is 2. The van der Waals surface area contributed by atoms with E-state index >= 15 is 0 Å². The van der Waals surface area contributed by atoms with Crippen LogP contribution in [-0.2, 0) is 9.59 Å². The highest BCUT2D eigenvalue weighted by atomic mass is 35.5. The molecule has 0 spiro atoms. The second kappa shape index (κ2) is 6.71. The maximum absolute atomic E-state index is 12.5. The van der Waals surface area contributed by atoms with Crippen LogP contribution in [0.5, 0.6) is 0 Å². The van der Waals surface area contributed by atoms with E-state index in [4.69, 9.17) is 23.2 Å². The number of halogens is 2. The van der Waals surface area contributed by atoms with E-state index in [-0.39, 0.29) is 5.91 Å². The Balaban J connectivity index is 2.21. The first-order valence-electron chi connectivity index (χ1n) is 6.93. The fourth-order valence-electron chi connectivity index (χ4n) is 2.64. The summed E-state index contributed by atoms with van der Waals surface area (Å²) < 4.78 is 0. The molecule has 0 saturated carbocycles. The van der Waals surface area contributed by atoms with Crippen LogP contribution in [0.15, 0.2) is 29.3 Å². The molecule has 118 valence electrons. The third kappa shape index (κ3) is 3.62. The SMILES string of the molecule is CC1=C(C)C[C@@H](C(=O)Nc2ccc(Cl)cc2Cl)[C@H](C(=O)O)C1. The average molecular weight is 342 g/mol.